The van der Waals surface area contributed by atoms with E-state index in [2.05, 4.69) is 5.32 Å². The number of benzene rings is 1. The number of amides is 1. The minimum absolute atomic E-state index is 0.0392. The van der Waals surface area contributed by atoms with Crippen molar-refractivity contribution in [3.05, 3.63) is 24.3 Å². The Hall–Kier alpha value is -2.08. The average Bonchev–Trinajstić information content (AvgIpc) is 3.27. The monoisotopic (exact) mass is 276 g/mol. The van der Waals surface area contributed by atoms with E-state index >= 15 is 0 Å². The van der Waals surface area contributed by atoms with Crippen LogP contribution in [-0.2, 0) is 9.59 Å². The lowest BCUT2D eigenvalue weighted by Gasteiger charge is -2.33. The highest BCUT2D eigenvalue weighted by atomic mass is 16.5. The van der Waals surface area contributed by atoms with Crippen LogP contribution >= 0.6 is 0 Å². The predicted molar refractivity (Wildman–Crippen MR) is 71.9 cm³/mol. The van der Waals surface area contributed by atoms with Gasteiger partial charge in [-0.15, -0.1) is 0 Å². The van der Waals surface area contributed by atoms with Gasteiger partial charge in [0.25, 0.3) is 0 Å². The third kappa shape index (κ3) is 2.60. The highest BCUT2D eigenvalue weighted by Crippen LogP contribution is 2.33. The molecule has 2 aliphatic rings. The van der Waals surface area contributed by atoms with E-state index in [1.165, 1.54) is 4.90 Å². The van der Waals surface area contributed by atoms with Gasteiger partial charge in [-0.05, 0) is 25.0 Å². The van der Waals surface area contributed by atoms with Gasteiger partial charge in [-0.3, -0.25) is 4.79 Å². The highest BCUT2D eigenvalue weighted by molar-refractivity contribution is 5.97. The van der Waals surface area contributed by atoms with E-state index in [9.17, 15) is 9.59 Å². The Bertz CT molecular complexity index is 542. The Labute approximate surface area is 116 Å². The molecule has 1 saturated carbocycles. The Morgan fingerprint density at radius 3 is 2.80 bits per heavy atom. The zero-order valence-electron chi connectivity index (χ0n) is 10.9. The lowest BCUT2D eigenvalue weighted by atomic mass is 10.2. The molecule has 20 heavy (non-hydrogen) atoms. The Balaban J connectivity index is 1.79. The number of hydrogen-bond acceptors (Lipinski definition) is 4. The molecule has 106 valence electrons. The number of anilines is 1. The maximum atomic E-state index is 12.3. The van der Waals surface area contributed by atoms with Gasteiger partial charge in [-0.2, -0.15) is 0 Å². The van der Waals surface area contributed by atoms with E-state index < -0.39 is 12.1 Å². The molecule has 1 aliphatic heterocycles. The van der Waals surface area contributed by atoms with Gasteiger partial charge < -0.3 is 20.1 Å². The molecule has 1 atom stereocenters. The van der Waals surface area contributed by atoms with Gasteiger partial charge in [0.05, 0.1) is 18.8 Å². The molecule has 0 bridgehead atoms. The van der Waals surface area contributed by atoms with Crippen molar-refractivity contribution >= 4 is 17.6 Å². The smallest absolute Gasteiger partial charge is 0.346 e. The van der Waals surface area contributed by atoms with Crippen LogP contribution in [0.15, 0.2) is 24.3 Å². The zero-order chi connectivity index (χ0) is 14.1. The Morgan fingerprint density at radius 1 is 1.35 bits per heavy atom. The molecule has 0 aromatic heterocycles. The van der Waals surface area contributed by atoms with Crippen molar-refractivity contribution in [3.63, 3.8) is 0 Å². The van der Waals surface area contributed by atoms with Crippen molar-refractivity contribution in [3.8, 4) is 5.75 Å². The van der Waals surface area contributed by atoms with Gasteiger partial charge in [-0.1, -0.05) is 12.1 Å². The van der Waals surface area contributed by atoms with Gasteiger partial charge >= 0.3 is 5.97 Å². The number of aliphatic carboxylic acids is 1. The fourth-order valence-electron chi connectivity index (χ4n) is 2.21. The molecule has 6 nitrogen and oxygen atoms in total. The van der Waals surface area contributed by atoms with Crippen LogP contribution in [0.3, 0.4) is 0 Å². The summed E-state index contributed by atoms with van der Waals surface area (Å²) in [6.07, 6.45) is 1.19. The number of carboxylic acids is 1. The van der Waals surface area contributed by atoms with Crippen LogP contribution in [-0.4, -0.2) is 42.2 Å². The van der Waals surface area contributed by atoms with Gasteiger partial charge in [0.1, 0.15) is 5.75 Å². The summed E-state index contributed by atoms with van der Waals surface area (Å²) >= 11 is 0. The van der Waals surface area contributed by atoms with Gasteiger partial charge in [-0.25, -0.2) is 4.79 Å². The summed E-state index contributed by atoms with van der Waals surface area (Å²) in [5.74, 6) is -0.753. The largest absolute Gasteiger partial charge is 0.478 e. The molecule has 0 radical (unpaired) electrons. The number of fused-ring (bicyclic) bond motifs is 1. The Morgan fingerprint density at radius 2 is 2.10 bits per heavy atom. The second-order valence-electron chi connectivity index (χ2n) is 5.07. The first-order valence-corrected chi connectivity index (χ1v) is 6.67. The van der Waals surface area contributed by atoms with Crippen LogP contribution in [0.2, 0.25) is 0 Å². The van der Waals surface area contributed by atoms with E-state index in [1.54, 1.807) is 24.3 Å². The van der Waals surface area contributed by atoms with Crippen LogP contribution in [0.4, 0.5) is 5.69 Å². The number of hydrogen-bond donors (Lipinski definition) is 2. The van der Waals surface area contributed by atoms with Crippen LogP contribution < -0.4 is 15.0 Å². The molecule has 1 amide bonds. The first-order valence-electron chi connectivity index (χ1n) is 6.67. The number of ether oxygens (including phenoxy) is 1. The van der Waals surface area contributed by atoms with Crippen LogP contribution in [0.1, 0.15) is 12.8 Å². The summed E-state index contributed by atoms with van der Waals surface area (Å²) in [5, 5.41) is 12.3. The van der Waals surface area contributed by atoms with Crippen molar-refractivity contribution < 1.29 is 19.4 Å². The van der Waals surface area contributed by atoms with Gasteiger partial charge in [0.2, 0.25) is 12.0 Å². The van der Waals surface area contributed by atoms with E-state index in [0.29, 0.717) is 17.5 Å². The molecular weight excluding hydrogens is 260 g/mol. The van der Waals surface area contributed by atoms with Crippen molar-refractivity contribution in [1.29, 1.82) is 0 Å². The average molecular weight is 276 g/mol. The third-order valence-electron chi connectivity index (χ3n) is 3.47. The number of carbonyl (C=O) groups is 2. The van der Waals surface area contributed by atoms with Gasteiger partial charge in [0.15, 0.2) is 0 Å². The van der Waals surface area contributed by atoms with Crippen molar-refractivity contribution in [2.45, 2.75) is 25.0 Å². The van der Waals surface area contributed by atoms with Crippen LogP contribution in [0.25, 0.3) is 0 Å². The minimum Gasteiger partial charge on any atom is -0.478 e. The number of para-hydroxylation sites is 2. The third-order valence-corrected chi connectivity index (χ3v) is 3.47. The van der Waals surface area contributed by atoms with Crippen molar-refractivity contribution in [2.75, 3.05) is 18.0 Å². The Kier molecular flexibility index (Phi) is 3.31. The first kappa shape index (κ1) is 12.9. The molecular formula is C14H16N2O4. The van der Waals surface area contributed by atoms with E-state index in [4.69, 9.17) is 9.84 Å². The molecule has 1 aromatic carbocycles. The van der Waals surface area contributed by atoms with Crippen molar-refractivity contribution in [2.24, 2.45) is 0 Å². The summed E-state index contributed by atoms with van der Waals surface area (Å²) < 4.78 is 5.40. The predicted octanol–water partition coefficient (Wildman–Crippen LogP) is 0.617. The van der Waals surface area contributed by atoms with E-state index in [1.807, 2.05) is 0 Å². The fourth-order valence-corrected chi connectivity index (χ4v) is 2.21. The molecule has 1 unspecified atom stereocenters. The van der Waals surface area contributed by atoms with Crippen molar-refractivity contribution in [1.82, 2.24) is 5.32 Å². The molecule has 2 N–H and O–H groups in total. The lowest BCUT2D eigenvalue weighted by molar-refractivity contribution is -0.145. The second-order valence-corrected chi connectivity index (χ2v) is 5.07. The summed E-state index contributed by atoms with van der Waals surface area (Å²) in [6, 6.07) is 7.44. The number of nitrogens with zero attached hydrogens (tertiary/aromatic N) is 1. The minimum atomic E-state index is -1.06. The highest BCUT2D eigenvalue weighted by Gasteiger charge is 2.34. The number of carbonyl (C=O) groups excluding carboxylic acids is 1. The molecule has 0 saturated heterocycles. The van der Waals surface area contributed by atoms with E-state index in [0.717, 1.165) is 12.8 Å². The quantitative estimate of drug-likeness (QED) is 0.842. The molecule has 3 rings (SSSR count). The SMILES string of the molecule is O=C(O)C1CN(C(=O)CNC2CC2)c2ccccc2O1. The summed E-state index contributed by atoms with van der Waals surface area (Å²) in [7, 11) is 0. The second kappa shape index (κ2) is 5.13. The molecule has 1 heterocycles. The maximum Gasteiger partial charge on any atom is 0.346 e. The summed E-state index contributed by atoms with van der Waals surface area (Å²) in [5.41, 5.74) is 0.632. The van der Waals surface area contributed by atoms with Crippen LogP contribution in [0, 0.1) is 0 Å². The first-order chi connectivity index (χ1) is 9.65. The molecule has 1 aromatic rings. The lowest BCUT2D eigenvalue weighted by Crippen LogP contribution is -2.49. The number of carboxylic acid groups (broad SMARTS) is 1. The van der Waals surface area contributed by atoms with Gasteiger partial charge in [0, 0.05) is 6.04 Å². The number of rotatable bonds is 4. The number of nitrogens with one attached hydrogen (secondary N) is 1. The zero-order valence-corrected chi connectivity index (χ0v) is 10.9. The van der Waals surface area contributed by atoms with Crippen LogP contribution in [0.5, 0.6) is 5.75 Å². The summed E-state index contributed by atoms with van der Waals surface area (Å²) in [4.78, 5) is 24.9. The fraction of sp³-hybridized carbons (Fsp3) is 0.429. The molecule has 1 aliphatic carbocycles. The molecule has 1 fully saturated rings. The standard InChI is InChI=1S/C14H16N2O4/c17-13(7-15-9-5-6-9)16-8-12(14(18)19)20-11-4-2-1-3-10(11)16/h1-4,9,12,15H,5-8H2,(H,18,19). The summed E-state index contributed by atoms with van der Waals surface area (Å²) in [6.45, 7) is 0.267. The molecule has 6 heteroatoms. The topological polar surface area (TPSA) is 78.9 Å². The molecule has 0 spiro atoms. The normalized spacial score (nSPS) is 21.0. The maximum absolute atomic E-state index is 12.3. The van der Waals surface area contributed by atoms with E-state index in [-0.39, 0.29) is 19.0 Å².